The Morgan fingerprint density at radius 2 is 1.00 bits per heavy atom. The molecule has 0 saturated carbocycles. The first-order chi connectivity index (χ1) is 16.1. The zero-order valence-corrected chi connectivity index (χ0v) is 23.4. The first kappa shape index (κ1) is 32.4. The Hall–Kier alpha value is -0.633. The Morgan fingerprint density at radius 3 is 1.39 bits per heavy atom. The maximum absolute atomic E-state index is 11.7. The molecule has 0 aliphatic rings. The first-order valence-corrected chi connectivity index (χ1v) is 15.6. The highest BCUT2D eigenvalue weighted by Gasteiger charge is 2.36. The number of unbranched alkanes of at least 4 members (excludes halogenated alkanes) is 16. The predicted octanol–water partition coefficient (Wildman–Crippen LogP) is 7.63. The van der Waals surface area contributed by atoms with Crippen LogP contribution >= 0.6 is 0 Å². The van der Waals surface area contributed by atoms with Gasteiger partial charge in [-0.25, -0.2) is 4.79 Å². The van der Waals surface area contributed by atoms with Crippen LogP contribution in [0.4, 0.5) is 4.79 Å². The summed E-state index contributed by atoms with van der Waals surface area (Å²) in [4.78, 5) is 11.7. The molecule has 0 aromatic carbocycles. The number of nitrogens with one attached hydrogen (secondary N) is 1. The van der Waals surface area contributed by atoms with Crippen molar-refractivity contribution >= 4 is 14.9 Å². The van der Waals surface area contributed by atoms with Crippen molar-refractivity contribution in [3.05, 3.63) is 0 Å². The van der Waals surface area contributed by atoms with Crippen molar-refractivity contribution in [3.63, 3.8) is 0 Å². The van der Waals surface area contributed by atoms with E-state index in [1.165, 1.54) is 96.3 Å². The van der Waals surface area contributed by atoms with Crippen molar-refractivity contribution in [2.45, 2.75) is 129 Å². The minimum atomic E-state index is -2.55. The summed E-state index contributed by atoms with van der Waals surface area (Å²) < 4.78 is 21.3. The molecule has 1 N–H and O–H groups in total. The summed E-state index contributed by atoms with van der Waals surface area (Å²) in [7, 11) is 2.24. The Balaban J connectivity index is 3.29. The van der Waals surface area contributed by atoms with Gasteiger partial charge in [0.2, 0.25) is 0 Å². The van der Waals surface area contributed by atoms with Gasteiger partial charge < -0.3 is 23.3 Å². The molecule has 0 radical (unpaired) electrons. The molecule has 7 heteroatoms. The predicted molar refractivity (Wildman–Crippen MR) is 140 cm³/mol. The number of hydrogen-bond acceptors (Lipinski definition) is 5. The van der Waals surface area contributed by atoms with E-state index in [1.807, 2.05) is 0 Å². The van der Waals surface area contributed by atoms with Crippen LogP contribution in [0.15, 0.2) is 0 Å². The van der Waals surface area contributed by atoms with Crippen molar-refractivity contribution in [2.24, 2.45) is 0 Å². The van der Waals surface area contributed by atoms with Gasteiger partial charge in [0.15, 0.2) is 0 Å². The third kappa shape index (κ3) is 20.5. The SMILES string of the molecule is CCCCCCCCCCCCCCCCCCCOC(=O)NCCC[Si](OC)(OC)OC. The van der Waals surface area contributed by atoms with Crippen LogP contribution in [0, 0.1) is 0 Å². The van der Waals surface area contributed by atoms with Crippen LogP contribution < -0.4 is 5.32 Å². The molecule has 0 aliphatic heterocycles. The van der Waals surface area contributed by atoms with E-state index >= 15 is 0 Å². The average molecular weight is 490 g/mol. The first-order valence-electron chi connectivity index (χ1n) is 13.7. The lowest BCUT2D eigenvalue weighted by atomic mass is 10.0. The van der Waals surface area contributed by atoms with Gasteiger partial charge in [-0.1, -0.05) is 110 Å². The number of rotatable bonds is 25. The van der Waals surface area contributed by atoms with Crippen molar-refractivity contribution in [2.75, 3.05) is 34.5 Å². The van der Waals surface area contributed by atoms with Crippen molar-refractivity contribution in [1.29, 1.82) is 0 Å². The molecule has 198 valence electrons. The lowest BCUT2D eigenvalue weighted by molar-refractivity contribution is 0.122. The molecule has 0 aromatic heterocycles. The Labute approximate surface area is 206 Å². The maximum atomic E-state index is 11.7. The van der Waals surface area contributed by atoms with E-state index in [4.69, 9.17) is 18.0 Å². The molecule has 0 rings (SSSR count). The van der Waals surface area contributed by atoms with Gasteiger partial charge in [0, 0.05) is 33.9 Å². The number of carbonyl (C=O) groups excluding carboxylic acids is 1. The van der Waals surface area contributed by atoms with E-state index in [-0.39, 0.29) is 6.09 Å². The van der Waals surface area contributed by atoms with Crippen LogP contribution in [-0.4, -0.2) is 49.4 Å². The van der Waals surface area contributed by atoms with E-state index in [0.29, 0.717) is 19.2 Å². The summed E-state index contributed by atoms with van der Waals surface area (Å²) in [6.07, 6.45) is 23.3. The fraction of sp³-hybridized carbons (Fsp3) is 0.962. The second-order valence-electron chi connectivity index (χ2n) is 9.12. The average Bonchev–Trinajstić information content (AvgIpc) is 2.84. The van der Waals surface area contributed by atoms with Crippen molar-refractivity contribution in [1.82, 2.24) is 5.32 Å². The monoisotopic (exact) mass is 489 g/mol. The second kappa shape index (κ2) is 24.5. The summed E-state index contributed by atoms with van der Waals surface area (Å²) in [5.41, 5.74) is 0. The van der Waals surface area contributed by atoms with Crippen LogP contribution in [0.5, 0.6) is 0 Å². The van der Waals surface area contributed by atoms with Gasteiger partial charge in [-0.2, -0.15) is 0 Å². The van der Waals surface area contributed by atoms with Crippen LogP contribution in [0.3, 0.4) is 0 Å². The smallest absolute Gasteiger partial charge is 0.450 e. The molecule has 0 saturated heterocycles. The number of amides is 1. The lowest BCUT2D eigenvalue weighted by Crippen LogP contribution is -2.43. The fourth-order valence-electron chi connectivity index (χ4n) is 4.09. The normalized spacial score (nSPS) is 11.6. The van der Waals surface area contributed by atoms with Crippen molar-refractivity contribution < 1.29 is 22.8 Å². The van der Waals surface area contributed by atoms with Gasteiger partial charge in [-0.05, 0) is 12.8 Å². The number of carbonyl (C=O) groups is 1. The van der Waals surface area contributed by atoms with Gasteiger partial charge in [0.1, 0.15) is 0 Å². The third-order valence-electron chi connectivity index (χ3n) is 6.34. The van der Waals surface area contributed by atoms with E-state index in [9.17, 15) is 4.79 Å². The summed E-state index contributed by atoms with van der Waals surface area (Å²) in [5, 5.41) is 2.78. The van der Waals surface area contributed by atoms with Gasteiger partial charge in [0.25, 0.3) is 0 Å². The number of hydrogen-bond donors (Lipinski definition) is 1. The number of ether oxygens (including phenoxy) is 1. The molecule has 0 aromatic rings. The van der Waals surface area contributed by atoms with E-state index < -0.39 is 8.80 Å². The molecule has 0 fully saturated rings. The van der Waals surface area contributed by atoms with Gasteiger partial charge >= 0.3 is 14.9 Å². The molecule has 1 amide bonds. The third-order valence-corrected chi connectivity index (χ3v) is 9.18. The molecule has 0 aliphatic carbocycles. The highest BCUT2D eigenvalue weighted by atomic mass is 28.4. The quantitative estimate of drug-likeness (QED) is 0.105. The molecule has 6 nitrogen and oxygen atoms in total. The molecule has 0 bridgehead atoms. The summed E-state index contributed by atoms with van der Waals surface area (Å²) in [5.74, 6) is 0. The molecular weight excluding hydrogens is 434 g/mol. The molecule has 0 unspecified atom stereocenters. The second-order valence-corrected chi connectivity index (χ2v) is 12.2. The molecule has 0 heterocycles. The Morgan fingerprint density at radius 1 is 0.606 bits per heavy atom. The minimum absolute atomic E-state index is 0.342. The van der Waals surface area contributed by atoms with E-state index in [2.05, 4.69) is 12.2 Å². The Kier molecular flexibility index (Phi) is 24.0. The zero-order valence-electron chi connectivity index (χ0n) is 22.4. The largest absolute Gasteiger partial charge is 0.500 e. The van der Waals surface area contributed by atoms with E-state index in [0.717, 1.165) is 19.3 Å². The van der Waals surface area contributed by atoms with Gasteiger partial charge in [-0.3, -0.25) is 0 Å². The summed E-state index contributed by atoms with van der Waals surface area (Å²) in [6, 6.07) is 0.663. The van der Waals surface area contributed by atoms with Gasteiger partial charge in [0.05, 0.1) is 6.61 Å². The van der Waals surface area contributed by atoms with Crippen molar-refractivity contribution in [3.8, 4) is 0 Å². The summed E-state index contributed by atoms with van der Waals surface area (Å²) in [6.45, 7) is 3.31. The summed E-state index contributed by atoms with van der Waals surface area (Å²) >= 11 is 0. The molecule has 33 heavy (non-hydrogen) atoms. The van der Waals surface area contributed by atoms with Crippen LogP contribution in [0.1, 0.15) is 122 Å². The van der Waals surface area contributed by atoms with Gasteiger partial charge in [-0.15, -0.1) is 0 Å². The number of alkyl carbamates (subject to hydrolysis) is 1. The highest BCUT2D eigenvalue weighted by Crippen LogP contribution is 2.15. The lowest BCUT2D eigenvalue weighted by Gasteiger charge is -2.24. The highest BCUT2D eigenvalue weighted by molar-refractivity contribution is 6.60. The van der Waals surface area contributed by atoms with Crippen LogP contribution in [0.2, 0.25) is 6.04 Å². The fourth-order valence-corrected chi connectivity index (χ4v) is 5.82. The maximum Gasteiger partial charge on any atom is 0.500 e. The Bertz CT molecular complexity index is 413. The van der Waals surface area contributed by atoms with Crippen LogP contribution in [-0.2, 0) is 18.0 Å². The molecule has 0 atom stereocenters. The van der Waals surface area contributed by atoms with Crippen LogP contribution in [0.25, 0.3) is 0 Å². The molecule has 0 spiro atoms. The zero-order chi connectivity index (χ0) is 24.5. The topological polar surface area (TPSA) is 66.0 Å². The molecular formula is C26H55NO5Si. The minimum Gasteiger partial charge on any atom is -0.450 e. The standard InChI is InChI=1S/C26H55NO5Si/c1-5-6-7-8-9-10-11-12-13-14-15-16-17-18-19-20-21-24-32-26(28)27-23-22-25-33(29-2,30-3)31-4/h5-25H2,1-4H3,(H,27,28). The van der Waals surface area contributed by atoms with E-state index in [1.54, 1.807) is 21.3 Å².